The molecule has 4 heteroatoms. The fourth-order valence-electron chi connectivity index (χ4n) is 2.44. The van der Waals surface area contributed by atoms with E-state index in [1.165, 1.54) is 5.69 Å². The molecule has 0 bridgehead atoms. The third-order valence-electron chi connectivity index (χ3n) is 3.39. The lowest BCUT2D eigenvalue weighted by Crippen LogP contribution is -2.37. The number of hydrogen-bond acceptors (Lipinski definition) is 3. The molecule has 90 valence electrons. The van der Waals surface area contributed by atoms with Crippen molar-refractivity contribution in [1.29, 1.82) is 0 Å². The van der Waals surface area contributed by atoms with Gasteiger partial charge in [0.2, 0.25) is 0 Å². The zero-order valence-electron chi connectivity index (χ0n) is 10.1. The molecule has 1 aromatic rings. The molecule has 16 heavy (non-hydrogen) atoms. The summed E-state index contributed by atoms with van der Waals surface area (Å²) in [5.74, 6) is 0. The Labute approximate surface area is 96.2 Å². The predicted molar refractivity (Wildman–Crippen MR) is 61.2 cm³/mol. The minimum Gasteiger partial charge on any atom is -0.396 e. The van der Waals surface area contributed by atoms with Crippen LogP contribution < -0.4 is 0 Å². The van der Waals surface area contributed by atoms with E-state index in [1.807, 2.05) is 18.7 Å². The Bertz CT molecular complexity index is 354. The van der Waals surface area contributed by atoms with E-state index in [0.29, 0.717) is 6.61 Å². The maximum absolute atomic E-state index is 9.59. The Balaban J connectivity index is 2.14. The van der Waals surface area contributed by atoms with E-state index < -0.39 is 0 Å². The van der Waals surface area contributed by atoms with E-state index in [0.717, 1.165) is 31.6 Å². The first-order valence-electron chi connectivity index (χ1n) is 5.83. The molecule has 0 saturated carbocycles. The van der Waals surface area contributed by atoms with Gasteiger partial charge in [0.05, 0.1) is 18.9 Å². The molecule has 0 amide bonds. The summed E-state index contributed by atoms with van der Waals surface area (Å²) in [7, 11) is 1.96. The molecule has 2 heterocycles. The Morgan fingerprint density at radius 1 is 1.62 bits per heavy atom. The molecule has 0 radical (unpaired) electrons. The normalized spacial score (nSPS) is 25.9. The molecule has 1 saturated heterocycles. The van der Waals surface area contributed by atoms with Crippen LogP contribution >= 0.6 is 0 Å². The summed E-state index contributed by atoms with van der Waals surface area (Å²) in [5, 5.41) is 13.9. The topological polar surface area (TPSA) is 47.3 Å². The zero-order chi connectivity index (χ0) is 11.6. The van der Waals surface area contributed by atoms with Crippen LogP contribution in [0.25, 0.3) is 0 Å². The largest absolute Gasteiger partial charge is 0.396 e. The van der Waals surface area contributed by atoms with Crippen LogP contribution in [0.15, 0.2) is 6.07 Å². The van der Waals surface area contributed by atoms with Crippen molar-refractivity contribution >= 4 is 0 Å². The Hall–Kier alpha value is -0.870. The predicted octanol–water partition coefficient (Wildman–Crippen LogP) is 1.06. The lowest BCUT2D eigenvalue weighted by molar-refractivity contribution is -0.0387. The Morgan fingerprint density at radius 2 is 2.44 bits per heavy atom. The van der Waals surface area contributed by atoms with Crippen LogP contribution in [0.3, 0.4) is 0 Å². The van der Waals surface area contributed by atoms with Gasteiger partial charge in [0, 0.05) is 24.8 Å². The molecular weight excluding hydrogens is 204 g/mol. The van der Waals surface area contributed by atoms with Crippen molar-refractivity contribution in [2.45, 2.75) is 26.2 Å². The first kappa shape index (κ1) is 11.6. The zero-order valence-corrected chi connectivity index (χ0v) is 10.1. The summed E-state index contributed by atoms with van der Waals surface area (Å²) in [4.78, 5) is 0. The third kappa shape index (κ3) is 2.28. The van der Waals surface area contributed by atoms with Crippen molar-refractivity contribution in [2.24, 2.45) is 12.5 Å². The van der Waals surface area contributed by atoms with Crippen LogP contribution in [-0.4, -0.2) is 34.7 Å². The highest BCUT2D eigenvalue weighted by molar-refractivity contribution is 5.11. The third-order valence-corrected chi connectivity index (χ3v) is 3.39. The molecule has 0 spiro atoms. The second-order valence-corrected chi connectivity index (χ2v) is 4.89. The van der Waals surface area contributed by atoms with Gasteiger partial charge in [0.15, 0.2) is 0 Å². The van der Waals surface area contributed by atoms with Gasteiger partial charge in [-0.1, -0.05) is 0 Å². The summed E-state index contributed by atoms with van der Waals surface area (Å²) in [6.45, 7) is 3.67. The van der Waals surface area contributed by atoms with Gasteiger partial charge >= 0.3 is 0 Å². The fraction of sp³-hybridized carbons (Fsp3) is 0.750. The summed E-state index contributed by atoms with van der Waals surface area (Å²) in [6, 6.07) is 2.09. The van der Waals surface area contributed by atoms with Crippen molar-refractivity contribution in [3.63, 3.8) is 0 Å². The van der Waals surface area contributed by atoms with Crippen molar-refractivity contribution in [3.05, 3.63) is 17.5 Å². The standard InChI is InChI=1S/C12H20N2O2/c1-10-6-11(14(2)13-10)7-12(8-15)4-3-5-16-9-12/h6,15H,3-5,7-9H2,1-2H3. The van der Waals surface area contributed by atoms with Gasteiger partial charge in [-0.3, -0.25) is 4.68 Å². The highest BCUT2D eigenvalue weighted by atomic mass is 16.5. The van der Waals surface area contributed by atoms with Crippen LogP contribution in [0.5, 0.6) is 0 Å². The van der Waals surface area contributed by atoms with Crippen LogP contribution in [0, 0.1) is 12.3 Å². The van der Waals surface area contributed by atoms with Crippen LogP contribution in [0.1, 0.15) is 24.2 Å². The Morgan fingerprint density at radius 3 is 2.94 bits per heavy atom. The van der Waals surface area contributed by atoms with E-state index in [2.05, 4.69) is 11.2 Å². The smallest absolute Gasteiger partial charge is 0.0596 e. The lowest BCUT2D eigenvalue weighted by Gasteiger charge is -2.35. The number of aliphatic hydroxyl groups is 1. The molecule has 1 aliphatic rings. The molecule has 1 aromatic heterocycles. The van der Waals surface area contributed by atoms with Gasteiger partial charge in [-0.25, -0.2) is 0 Å². The summed E-state index contributed by atoms with van der Waals surface area (Å²) >= 11 is 0. The second-order valence-electron chi connectivity index (χ2n) is 4.89. The second kappa shape index (κ2) is 4.55. The highest BCUT2D eigenvalue weighted by Crippen LogP contribution is 2.32. The van der Waals surface area contributed by atoms with Crippen LogP contribution in [-0.2, 0) is 18.2 Å². The maximum atomic E-state index is 9.59. The maximum Gasteiger partial charge on any atom is 0.0596 e. The number of nitrogens with zero attached hydrogens (tertiary/aromatic N) is 2. The number of rotatable bonds is 3. The van der Waals surface area contributed by atoms with Gasteiger partial charge in [-0.15, -0.1) is 0 Å². The first-order valence-corrected chi connectivity index (χ1v) is 5.83. The van der Waals surface area contributed by atoms with Gasteiger partial charge in [0.25, 0.3) is 0 Å². The summed E-state index contributed by atoms with van der Waals surface area (Å²) in [5.41, 5.74) is 2.11. The molecule has 0 aromatic carbocycles. The molecule has 4 nitrogen and oxygen atoms in total. The van der Waals surface area contributed by atoms with Crippen molar-refractivity contribution in [1.82, 2.24) is 9.78 Å². The highest BCUT2D eigenvalue weighted by Gasteiger charge is 2.33. The fourth-order valence-corrected chi connectivity index (χ4v) is 2.44. The molecule has 0 aliphatic carbocycles. The first-order chi connectivity index (χ1) is 7.65. The number of aromatic nitrogens is 2. The van der Waals surface area contributed by atoms with Crippen molar-refractivity contribution in [2.75, 3.05) is 19.8 Å². The SMILES string of the molecule is Cc1cc(CC2(CO)CCCOC2)n(C)n1. The molecule has 1 N–H and O–H groups in total. The molecular formula is C12H20N2O2. The molecule has 1 unspecified atom stereocenters. The minimum absolute atomic E-state index is 0.0987. The number of hydrogen-bond donors (Lipinski definition) is 1. The molecule has 2 rings (SSSR count). The van der Waals surface area contributed by atoms with Crippen molar-refractivity contribution < 1.29 is 9.84 Å². The van der Waals surface area contributed by atoms with E-state index in [9.17, 15) is 5.11 Å². The van der Waals surface area contributed by atoms with Gasteiger partial charge in [0.1, 0.15) is 0 Å². The van der Waals surface area contributed by atoms with Gasteiger partial charge in [-0.05, 0) is 32.3 Å². The van der Waals surface area contributed by atoms with Crippen LogP contribution in [0.2, 0.25) is 0 Å². The molecule has 1 atom stereocenters. The summed E-state index contributed by atoms with van der Waals surface area (Å²) < 4.78 is 7.41. The minimum atomic E-state index is -0.0987. The summed E-state index contributed by atoms with van der Waals surface area (Å²) in [6.07, 6.45) is 2.92. The quantitative estimate of drug-likeness (QED) is 0.835. The number of aryl methyl sites for hydroxylation is 2. The number of ether oxygens (including phenoxy) is 1. The van der Waals surface area contributed by atoms with Crippen molar-refractivity contribution in [3.8, 4) is 0 Å². The van der Waals surface area contributed by atoms with Gasteiger partial charge < -0.3 is 9.84 Å². The number of aliphatic hydroxyl groups excluding tert-OH is 1. The van der Waals surface area contributed by atoms with Gasteiger partial charge in [-0.2, -0.15) is 5.10 Å². The van der Waals surface area contributed by atoms with E-state index in [1.54, 1.807) is 0 Å². The lowest BCUT2D eigenvalue weighted by atomic mass is 9.79. The van der Waals surface area contributed by atoms with E-state index >= 15 is 0 Å². The van der Waals surface area contributed by atoms with Crippen LogP contribution in [0.4, 0.5) is 0 Å². The average molecular weight is 224 g/mol. The monoisotopic (exact) mass is 224 g/mol. The molecule has 1 aliphatic heterocycles. The van der Waals surface area contributed by atoms with E-state index in [4.69, 9.17) is 4.74 Å². The average Bonchev–Trinajstić information content (AvgIpc) is 2.59. The molecule has 1 fully saturated rings. The Kier molecular flexibility index (Phi) is 3.30. The van der Waals surface area contributed by atoms with E-state index in [-0.39, 0.29) is 12.0 Å².